The molecule has 2 aliphatic rings. The summed E-state index contributed by atoms with van der Waals surface area (Å²) in [5, 5.41) is 0. The molecular formula is C16H29N3O3. The molecule has 2 heterocycles. The Balaban J connectivity index is 2.02. The van der Waals surface area contributed by atoms with Gasteiger partial charge in [-0.2, -0.15) is 0 Å². The Morgan fingerprint density at radius 2 is 2.05 bits per heavy atom. The molecule has 6 nitrogen and oxygen atoms in total. The summed E-state index contributed by atoms with van der Waals surface area (Å²) in [4.78, 5) is 30.4. The second-order valence-electron chi connectivity index (χ2n) is 6.74. The standard InChI is InChI=1S/C16H29N3O3/c1-17(2)11-12-19-14(20)5-7-16(19)6-4-9-18(10-8-16)15(21)13-22-3/h4-13H2,1-3H3/t16-/m0/s1. The number of carbonyl (C=O) groups excluding carboxylic acids is 2. The van der Waals surface area contributed by atoms with Gasteiger partial charge >= 0.3 is 0 Å². The molecule has 0 aliphatic carbocycles. The van der Waals surface area contributed by atoms with Crippen LogP contribution in [0.25, 0.3) is 0 Å². The van der Waals surface area contributed by atoms with Crippen LogP contribution in [0.3, 0.4) is 0 Å². The van der Waals surface area contributed by atoms with Crippen molar-refractivity contribution in [3.05, 3.63) is 0 Å². The molecule has 0 unspecified atom stereocenters. The zero-order chi connectivity index (χ0) is 16.2. The van der Waals surface area contributed by atoms with E-state index in [1.165, 1.54) is 0 Å². The molecule has 0 aromatic carbocycles. The highest BCUT2D eigenvalue weighted by molar-refractivity contribution is 5.80. The molecule has 0 bridgehead atoms. The first-order valence-electron chi connectivity index (χ1n) is 8.20. The maximum atomic E-state index is 12.3. The van der Waals surface area contributed by atoms with Crippen molar-refractivity contribution in [2.24, 2.45) is 0 Å². The van der Waals surface area contributed by atoms with E-state index in [9.17, 15) is 9.59 Å². The van der Waals surface area contributed by atoms with Gasteiger partial charge in [0.05, 0.1) is 0 Å². The van der Waals surface area contributed by atoms with Crippen molar-refractivity contribution in [2.75, 3.05) is 54.0 Å². The van der Waals surface area contributed by atoms with Crippen LogP contribution in [0.5, 0.6) is 0 Å². The lowest BCUT2D eigenvalue weighted by molar-refractivity contribution is -0.135. The average molecular weight is 311 g/mol. The van der Waals surface area contributed by atoms with Crippen LogP contribution in [0.1, 0.15) is 32.1 Å². The van der Waals surface area contributed by atoms with Crippen molar-refractivity contribution in [3.8, 4) is 0 Å². The largest absolute Gasteiger partial charge is 0.375 e. The minimum Gasteiger partial charge on any atom is -0.375 e. The Morgan fingerprint density at radius 1 is 1.27 bits per heavy atom. The molecule has 2 amide bonds. The van der Waals surface area contributed by atoms with Gasteiger partial charge in [0.25, 0.3) is 0 Å². The predicted octanol–water partition coefficient (Wildman–Crippen LogP) is 0.568. The summed E-state index contributed by atoms with van der Waals surface area (Å²) < 4.78 is 4.96. The Hall–Kier alpha value is -1.14. The molecular weight excluding hydrogens is 282 g/mol. The first-order valence-corrected chi connectivity index (χ1v) is 8.20. The van der Waals surface area contributed by atoms with E-state index in [1.54, 1.807) is 7.11 Å². The lowest BCUT2D eigenvalue weighted by Crippen LogP contribution is -2.49. The van der Waals surface area contributed by atoms with Gasteiger partial charge in [-0.05, 0) is 39.8 Å². The van der Waals surface area contributed by atoms with E-state index in [1.807, 2.05) is 19.0 Å². The van der Waals surface area contributed by atoms with E-state index >= 15 is 0 Å². The molecule has 126 valence electrons. The second-order valence-corrected chi connectivity index (χ2v) is 6.74. The summed E-state index contributed by atoms with van der Waals surface area (Å²) in [5.74, 6) is 0.335. The molecule has 1 spiro atoms. The monoisotopic (exact) mass is 311 g/mol. The number of nitrogens with zero attached hydrogens (tertiary/aromatic N) is 3. The van der Waals surface area contributed by atoms with E-state index in [0.717, 1.165) is 51.9 Å². The Morgan fingerprint density at radius 3 is 2.73 bits per heavy atom. The molecule has 22 heavy (non-hydrogen) atoms. The molecule has 0 aromatic heterocycles. The minimum absolute atomic E-state index is 0.0325. The van der Waals surface area contributed by atoms with Crippen LogP contribution in [0.4, 0.5) is 0 Å². The predicted molar refractivity (Wildman–Crippen MR) is 84.5 cm³/mol. The number of likely N-dealkylation sites (tertiary alicyclic amines) is 2. The maximum Gasteiger partial charge on any atom is 0.248 e. The second kappa shape index (κ2) is 7.42. The van der Waals surface area contributed by atoms with Crippen LogP contribution >= 0.6 is 0 Å². The van der Waals surface area contributed by atoms with Gasteiger partial charge in [0.1, 0.15) is 6.61 Å². The third-order valence-corrected chi connectivity index (χ3v) is 4.99. The number of ether oxygens (including phenoxy) is 1. The quantitative estimate of drug-likeness (QED) is 0.745. The topological polar surface area (TPSA) is 53.1 Å². The van der Waals surface area contributed by atoms with Gasteiger partial charge < -0.3 is 19.4 Å². The van der Waals surface area contributed by atoms with Crippen LogP contribution in [0, 0.1) is 0 Å². The Labute approximate surface area is 133 Å². The summed E-state index contributed by atoms with van der Waals surface area (Å²) in [7, 11) is 5.62. The Bertz CT molecular complexity index is 413. The van der Waals surface area contributed by atoms with Gasteiger partial charge in [-0.15, -0.1) is 0 Å². The molecule has 0 radical (unpaired) electrons. The van der Waals surface area contributed by atoms with Crippen molar-refractivity contribution in [1.82, 2.24) is 14.7 Å². The van der Waals surface area contributed by atoms with Gasteiger partial charge in [-0.25, -0.2) is 0 Å². The number of amides is 2. The van der Waals surface area contributed by atoms with Crippen LogP contribution < -0.4 is 0 Å². The number of carbonyl (C=O) groups is 2. The lowest BCUT2D eigenvalue weighted by atomic mass is 9.87. The minimum atomic E-state index is -0.0325. The van der Waals surface area contributed by atoms with Crippen molar-refractivity contribution in [1.29, 1.82) is 0 Å². The summed E-state index contributed by atoms with van der Waals surface area (Å²) in [5.41, 5.74) is -0.0325. The SMILES string of the molecule is COCC(=O)N1CCC[C@]2(CCC(=O)N2CCN(C)C)CC1. The fraction of sp³-hybridized carbons (Fsp3) is 0.875. The highest BCUT2D eigenvalue weighted by atomic mass is 16.5. The molecule has 2 rings (SSSR count). The van der Waals surface area contributed by atoms with E-state index in [-0.39, 0.29) is 24.0 Å². The van der Waals surface area contributed by atoms with Gasteiger partial charge in [0, 0.05) is 45.2 Å². The summed E-state index contributed by atoms with van der Waals surface area (Å²) in [6, 6.07) is 0. The molecule has 2 aliphatic heterocycles. The zero-order valence-electron chi connectivity index (χ0n) is 14.1. The number of rotatable bonds is 5. The molecule has 0 saturated carbocycles. The molecule has 2 fully saturated rings. The normalized spacial score (nSPS) is 26.1. The van der Waals surface area contributed by atoms with Crippen LogP contribution in [0.2, 0.25) is 0 Å². The summed E-state index contributed by atoms with van der Waals surface area (Å²) in [6.45, 7) is 3.33. The first kappa shape index (κ1) is 17.2. The van der Waals surface area contributed by atoms with Gasteiger partial charge in [0.15, 0.2) is 0 Å². The van der Waals surface area contributed by atoms with E-state index in [0.29, 0.717) is 6.42 Å². The van der Waals surface area contributed by atoms with Crippen molar-refractivity contribution < 1.29 is 14.3 Å². The van der Waals surface area contributed by atoms with Crippen molar-refractivity contribution in [3.63, 3.8) is 0 Å². The first-order chi connectivity index (χ1) is 10.5. The highest BCUT2D eigenvalue weighted by Gasteiger charge is 2.45. The van der Waals surface area contributed by atoms with Crippen LogP contribution in [-0.4, -0.2) is 86.0 Å². The fourth-order valence-corrected chi connectivity index (χ4v) is 3.70. The number of likely N-dealkylation sites (N-methyl/N-ethyl adjacent to an activating group) is 1. The number of hydrogen-bond donors (Lipinski definition) is 0. The maximum absolute atomic E-state index is 12.3. The van der Waals surface area contributed by atoms with Gasteiger partial charge in [-0.3, -0.25) is 9.59 Å². The molecule has 6 heteroatoms. The Kier molecular flexibility index (Phi) is 5.81. The van der Waals surface area contributed by atoms with Gasteiger partial charge in [-0.1, -0.05) is 0 Å². The van der Waals surface area contributed by atoms with E-state index in [2.05, 4.69) is 9.80 Å². The average Bonchev–Trinajstić information content (AvgIpc) is 2.64. The molecule has 1 atom stereocenters. The zero-order valence-corrected chi connectivity index (χ0v) is 14.1. The number of methoxy groups -OCH3 is 1. The highest BCUT2D eigenvalue weighted by Crippen LogP contribution is 2.38. The third-order valence-electron chi connectivity index (χ3n) is 4.99. The lowest BCUT2D eigenvalue weighted by Gasteiger charge is -2.38. The van der Waals surface area contributed by atoms with Crippen molar-refractivity contribution in [2.45, 2.75) is 37.6 Å². The van der Waals surface area contributed by atoms with Crippen LogP contribution in [-0.2, 0) is 14.3 Å². The van der Waals surface area contributed by atoms with Crippen LogP contribution in [0.15, 0.2) is 0 Å². The fourth-order valence-electron chi connectivity index (χ4n) is 3.70. The molecule has 2 saturated heterocycles. The van der Waals surface area contributed by atoms with E-state index < -0.39 is 0 Å². The summed E-state index contributed by atoms with van der Waals surface area (Å²) in [6.07, 6.45) is 4.44. The van der Waals surface area contributed by atoms with E-state index in [4.69, 9.17) is 4.74 Å². The smallest absolute Gasteiger partial charge is 0.248 e. The third kappa shape index (κ3) is 3.79. The van der Waals surface area contributed by atoms with Gasteiger partial charge in [0.2, 0.25) is 11.8 Å². The summed E-state index contributed by atoms with van der Waals surface area (Å²) >= 11 is 0. The number of hydrogen-bond acceptors (Lipinski definition) is 4. The molecule has 0 N–H and O–H groups in total. The van der Waals surface area contributed by atoms with Crippen molar-refractivity contribution >= 4 is 11.8 Å². The molecule has 0 aromatic rings.